The van der Waals surface area contributed by atoms with Crippen LogP contribution in [0.1, 0.15) is 46.5 Å². The molecule has 0 aromatic carbocycles. The van der Waals surface area contributed by atoms with Crippen molar-refractivity contribution in [1.82, 2.24) is 47.4 Å². The molecule has 0 aromatic rings. The minimum absolute atomic E-state index is 0.0885. The molecular weight excluding hydrogens is 849 g/mol. The van der Waals surface area contributed by atoms with Crippen LogP contribution in [0.2, 0.25) is 0 Å². The van der Waals surface area contributed by atoms with Crippen LogP contribution in [0, 0.1) is 17.8 Å². The topological polar surface area (TPSA) is 360 Å². The van der Waals surface area contributed by atoms with Gasteiger partial charge in [0.2, 0.25) is 53.2 Å². The second-order valence-corrected chi connectivity index (χ2v) is 17.3. The van der Waals surface area contributed by atoms with Crippen LogP contribution in [-0.2, 0) is 43.2 Å². The van der Waals surface area contributed by atoms with E-state index in [-0.39, 0.29) is 24.4 Å². The van der Waals surface area contributed by atoms with Crippen LogP contribution in [0.3, 0.4) is 0 Å². The van der Waals surface area contributed by atoms with Gasteiger partial charge in [0, 0.05) is 37.0 Å². The summed E-state index contributed by atoms with van der Waals surface area (Å²) in [5.74, 6) is -11.1. The summed E-state index contributed by atoms with van der Waals surface area (Å²) in [7, 11) is 0. The van der Waals surface area contributed by atoms with Crippen molar-refractivity contribution in [1.29, 1.82) is 0 Å². The monoisotopic (exact) mass is 904 g/mol. The number of amides is 9. The summed E-state index contributed by atoms with van der Waals surface area (Å²) in [6.07, 6.45) is 0.636. The number of nitrogens with zero attached hydrogens (tertiary/aromatic N) is 1. The van der Waals surface area contributed by atoms with Gasteiger partial charge in [-0.1, -0.05) is 33.3 Å². The van der Waals surface area contributed by atoms with Crippen molar-refractivity contribution in [2.45, 2.75) is 101 Å². The first-order valence-electron chi connectivity index (χ1n) is 20.6. The summed E-state index contributed by atoms with van der Waals surface area (Å²) in [6.45, 7) is 2.13. The van der Waals surface area contributed by atoms with Crippen molar-refractivity contribution >= 4 is 64.9 Å². The average molecular weight is 905 g/mol. The highest BCUT2D eigenvalue weighted by Gasteiger charge is 2.45. The summed E-state index contributed by atoms with van der Waals surface area (Å²) < 4.78 is 0. The Morgan fingerprint density at radius 3 is 2.22 bits per heavy atom. The SMILES string of the molecule is CC[C@H](C)[C@@H]1NC(=O)CNC(=O)[C@@H]2CC3=C(NC4C=C(O)C=CC34)SC[C@H](NC(=O)CNC1=O)C(=O)NC(CC(N)=O)C(=O)N1C[C@H](O)C[C@H]1C(=O)N[C@@H]([C@@H](C)[C@@H](O)CO)C(=O)N2. The van der Waals surface area contributed by atoms with Gasteiger partial charge < -0.3 is 73.6 Å². The lowest BCUT2D eigenvalue weighted by Gasteiger charge is -2.33. The molecule has 0 radical (unpaired) electrons. The maximum Gasteiger partial charge on any atom is 0.246 e. The number of hydrogen-bond acceptors (Lipinski definition) is 15. The molecule has 14 N–H and O–H groups in total. The summed E-state index contributed by atoms with van der Waals surface area (Å²) in [5, 5.41) is 62.9. The van der Waals surface area contributed by atoms with E-state index in [0.29, 0.717) is 17.0 Å². The predicted octanol–water partition coefficient (Wildman–Crippen LogP) is -5.52. The highest BCUT2D eigenvalue weighted by Crippen LogP contribution is 2.39. The lowest BCUT2D eigenvalue weighted by atomic mass is 9.87. The number of allylic oxidation sites excluding steroid dienone is 1. The maximum absolute atomic E-state index is 14.4. The lowest BCUT2D eigenvalue weighted by molar-refractivity contribution is -0.144. The molecule has 63 heavy (non-hydrogen) atoms. The van der Waals surface area contributed by atoms with Gasteiger partial charge in [0.05, 0.1) is 49.4 Å². The molecule has 9 amide bonds. The lowest BCUT2D eigenvalue weighted by Crippen LogP contribution is -2.61. The van der Waals surface area contributed by atoms with Crippen LogP contribution in [0.15, 0.2) is 34.6 Å². The van der Waals surface area contributed by atoms with Crippen LogP contribution in [0.4, 0.5) is 0 Å². The zero-order chi connectivity index (χ0) is 46.3. The van der Waals surface area contributed by atoms with Crippen molar-refractivity contribution in [2.75, 3.05) is 32.0 Å². The maximum atomic E-state index is 14.4. The molecule has 0 aromatic heterocycles. The number of fused-ring (bicyclic) bond motifs is 5. The minimum atomic E-state index is -1.74. The van der Waals surface area contributed by atoms with E-state index in [1.54, 1.807) is 19.9 Å². The highest BCUT2D eigenvalue weighted by atomic mass is 32.2. The number of rotatable bonds is 7. The van der Waals surface area contributed by atoms with Gasteiger partial charge in [0.1, 0.15) is 42.0 Å². The second kappa shape index (κ2) is 21.1. The molecule has 2 bridgehead atoms. The quantitative estimate of drug-likeness (QED) is 0.113. The predicted molar refractivity (Wildman–Crippen MR) is 222 cm³/mol. The minimum Gasteiger partial charge on any atom is -0.508 e. The normalized spacial score (nSPS) is 31.8. The van der Waals surface area contributed by atoms with Gasteiger partial charge in [-0.2, -0.15) is 0 Å². The largest absolute Gasteiger partial charge is 0.508 e. The summed E-state index contributed by atoms with van der Waals surface area (Å²) >= 11 is 0.991. The molecule has 24 heteroatoms. The first kappa shape index (κ1) is 48.3. The third-order valence-electron chi connectivity index (χ3n) is 11.7. The van der Waals surface area contributed by atoms with E-state index in [9.17, 15) is 63.6 Å². The van der Waals surface area contributed by atoms with Crippen LogP contribution in [0.25, 0.3) is 0 Å². The van der Waals surface area contributed by atoms with Gasteiger partial charge in [-0.25, -0.2) is 0 Å². The van der Waals surface area contributed by atoms with E-state index in [0.717, 1.165) is 16.7 Å². The van der Waals surface area contributed by atoms with Crippen molar-refractivity contribution in [3.8, 4) is 0 Å². The first-order valence-corrected chi connectivity index (χ1v) is 21.6. The summed E-state index contributed by atoms with van der Waals surface area (Å²) in [4.78, 5) is 125. The Balaban J connectivity index is 1.67. The van der Waals surface area contributed by atoms with Crippen molar-refractivity contribution < 1.29 is 63.6 Å². The van der Waals surface area contributed by atoms with Gasteiger partial charge >= 0.3 is 0 Å². The average Bonchev–Trinajstić information content (AvgIpc) is 3.80. The molecular formula is C39H56N10O13S. The molecule has 5 rings (SSSR count). The number of carbonyl (C=O) groups is 9. The number of primary amides is 1. The molecule has 1 saturated heterocycles. The molecule has 1 fully saturated rings. The Hall–Kier alpha value is -5.72. The Labute approximate surface area is 366 Å². The van der Waals surface area contributed by atoms with E-state index < -0.39 is 158 Å². The van der Waals surface area contributed by atoms with E-state index in [1.807, 2.05) is 0 Å². The van der Waals surface area contributed by atoms with Gasteiger partial charge in [0.25, 0.3) is 0 Å². The van der Waals surface area contributed by atoms with Gasteiger partial charge in [-0.05, 0) is 23.6 Å². The van der Waals surface area contributed by atoms with Crippen molar-refractivity contribution in [3.63, 3.8) is 0 Å². The number of thioether (sulfide) groups is 1. The van der Waals surface area contributed by atoms with Gasteiger partial charge in [-0.3, -0.25) is 43.2 Å². The van der Waals surface area contributed by atoms with E-state index >= 15 is 0 Å². The first-order chi connectivity index (χ1) is 29.8. The molecule has 346 valence electrons. The fourth-order valence-electron chi connectivity index (χ4n) is 7.92. The van der Waals surface area contributed by atoms with Gasteiger partial charge in [0.15, 0.2) is 0 Å². The van der Waals surface area contributed by atoms with Crippen LogP contribution in [0.5, 0.6) is 0 Å². The Morgan fingerprint density at radius 2 is 1.56 bits per heavy atom. The second-order valence-electron chi connectivity index (χ2n) is 16.3. The van der Waals surface area contributed by atoms with E-state index in [4.69, 9.17) is 5.73 Å². The highest BCUT2D eigenvalue weighted by molar-refractivity contribution is 8.03. The van der Waals surface area contributed by atoms with Crippen molar-refractivity contribution in [3.05, 3.63) is 34.6 Å². The number of nitrogens with one attached hydrogen (secondary N) is 8. The Kier molecular flexibility index (Phi) is 16.2. The summed E-state index contributed by atoms with van der Waals surface area (Å²) in [5.41, 5.74) is 5.97. The summed E-state index contributed by atoms with van der Waals surface area (Å²) in [6, 6.07) is -9.79. The number of carbonyl (C=O) groups excluding carboxylic acids is 9. The fourth-order valence-corrected chi connectivity index (χ4v) is 9.11. The standard InChI is InChI=1S/C39H56N10O13S/c1-4-16(2)31-36(60)42-11-29(55)43-25-15-63-38-21(20-6-5-18(51)7-22(20)46-38)9-23(33(57)41-12-30(56)47-31)44-37(61)32(17(3)27(53)14-50)48-35(59)26-8-19(52)13-49(26)39(62)24(10-28(40)54)45-34(25)58/h5-7,16-17,19-20,22-27,31-32,46,50-53H,4,8-15H2,1-3H3,(H2,40,54)(H,41,57)(H,42,60)(H,43,55)(H,44,61)(H,45,58)(H,47,56)(H,48,59)/t16-,17-,19+,20?,22?,23-,24?,25-,26-,27-,31-,32-/m0/s1. The molecule has 0 saturated carbocycles. The molecule has 0 spiro atoms. The van der Waals surface area contributed by atoms with Crippen LogP contribution < -0.4 is 48.3 Å². The smallest absolute Gasteiger partial charge is 0.246 e. The molecule has 12 atom stereocenters. The molecule has 23 nitrogen and oxygen atoms in total. The number of hydrogen-bond donors (Lipinski definition) is 13. The number of aliphatic hydroxyl groups is 4. The Bertz CT molecular complexity index is 1950. The molecule has 4 aliphatic heterocycles. The molecule has 5 aliphatic rings. The fraction of sp³-hybridized carbons (Fsp3) is 0.615. The molecule has 3 unspecified atom stereocenters. The van der Waals surface area contributed by atoms with E-state index in [1.165, 1.54) is 19.1 Å². The van der Waals surface area contributed by atoms with Gasteiger partial charge in [-0.15, -0.1) is 11.8 Å². The zero-order valence-electron chi connectivity index (χ0n) is 34.9. The van der Waals surface area contributed by atoms with E-state index in [2.05, 4.69) is 42.5 Å². The zero-order valence-corrected chi connectivity index (χ0v) is 35.7. The third kappa shape index (κ3) is 11.9. The molecule has 1 aliphatic carbocycles. The number of aliphatic hydroxyl groups excluding tert-OH is 4. The third-order valence-corrected chi connectivity index (χ3v) is 12.9. The molecule has 4 heterocycles. The Morgan fingerprint density at radius 1 is 0.873 bits per heavy atom. The van der Waals surface area contributed by atoms with Crippen LogP contribution >= 0.6 is 11.8 Å². The number of nitrogens with two attached hydrogens (primary N) is 1. The van der Waals surface area contributed by atoms with Crippen molar-refractivity contribution in [2.24, 2.45) is 23.5 Å². The van der Waals surface area contributed by atoms with Crippen LogP contribution in [-0.4, -0.2) is 165 Å².